The summed E-state index contributed by atoms with van der Waals surface area (Å²) in [7, 11) is 0. The molecule has 2 unspecified atom stereocenters. The van der Waals surface area contributed by atoms with E-state index in [1.165, 1.54) is 0 Å². The van der Waals surface area contributed by atoms with Gasteiger partial charge in [-0.2, -0.15) is 0 Å². The van der Waals surface area contributed by atoms with Crippen molar-refractivity contribution in [2.45, 2.75) is 31.7 Å². The number of hydrogen-bond donors (Lipinski definition) is 1. The van der Waals surface area contributed by atoms with E-state index in [4.69, 9.17) is 0 Å². The lowest BCUT2D eigenvalue weighted by Gasteiger charge is -2.38. The number of anilines is 1. The first-order valence-corrected chi connectivity index (χ1v) is 9.35. The van der Waals surface area contributed by atoms with Crippen LogP contribution in [-0.2, 0) is 17.6 Å². The zero-order valence-electron chi connectivity index (χ0n) is 15.0. The van der Waals surface area contributed by atoms with Gasteiger partial charge in [-0.3, -0.25) is 19.9 Å². The van der Waals surface area contributed by atoms with E-state index in [2.05, 4.69) is 15.2 Å². The molecule has 0 radical (unpaired) electrons. The second kappa shape index (κ2) is 7.34. The monoisotopic (exact) mass is 366 g/mol. The number of nitrogens with one attached hydrogen (secondary N) is 1. The van der Waals surface area contributed by atoms with Crippen LogP contribution in [0.3, 0.4) is 0 Å². The molecule has 27 heavy (non-hydrogen) atoms. The smallest absolute Gasteiger partial charge is 0.269 e. The number of rotatable bonds is 5. The van der Waals surface area contributed by atoms with E-state index in [0.29, 0.717) is 19.4 Å². The number of nitrogens with zero attached hydrogens (tertiary/aromatic N) is 3. The molecule has 3 heterocycles. The molecular weight excluding hydrogens is 344 g/mol. The van der Waals surface area contributed by atoms with E-state index >= 15 is 0 Å². The Morgan fingerprint density at radius 2 is 2.22 bits per heavy atom. The minimum atomic E-state index is -0.377. The number of carbonyl (C=O) groups is 1. The van der Waals surface area contributed by atoms with Crippen molar-refractivity contribution in [2.75, 3.05) is 18.0 Å². The van der Waals surface area contributed by atoms with Gasteiger partial charge in [-0.1, -0.05) is 6.07 Å². The van der Waals surface area contributed by atoms with Crippen LogP contribution in [0.25, 0.3) is 0 Å². The molecule has 1 aromatic carbocycles. The molecule has 1 N–H and O–H groups in total. The third-order valence-electron chi connectivity index (χ3n) is 5.53. The van der Waals surface area contributed by atoms with Crippen molar-refractivity contribution in [2.24, 2.45) is 5.92 Å². The Hall–Kier alpha value is -2.96. The van der Waals surface area contributed by atoms with Crippen molar-refractivity contribution in [1.82, 2.24) is 10.3 Å². The lowest BCUT2D eigenvalue weighted by atomic mass is 9.85. The summed E-state index contributed by atoms with van der Waals surface area (Å²) in [4.78, 5) is 30.1. The van der Waals surface area contributed by atoms with Gasteiger partial charge in [-0.05, 0) is 43.0 Å². The molecule has 1 fully saturated rings. The zero-order chi connectivity index (χ0) is 18.8. The molecule has 2 aromatic rings. The molecule has 0 saturated carbocycles. The average molecular weight is 366 g/mol. The molecule has 7 heteroatoms. The standard InChI is InChI=1S/C20H22N4O3/c25-20(22-10-8-15-4-1-2-9-21-15)17-13-14-12-16(24(26)27)6-7-18(14)23-11-3-5-19(17)23/h1-2,4,6-7,9,12,17,19H,3,5,8,10-11,13H2,(H,22,25). The van der Waals surface area contributed by atoms with Gasteiger partial charge in [0.05, 0.1) is 10.8 Å². The van der Waals surface area contributed by atoms with Crippen LogP contribution in [0.1, 0.15) is 24.1 Å². The number of nitro benzene ring substituents is 1. The largest absolute Gasteiger partial charge is 0.368 e. The van der Waals surface area contributed by atoms with Crippen LogP contribution in [-0.4, -0.2) is 34.9 Å². The summed E-state index contributed by atoms with van der Waals surface area (Å²) in [5.41, 5.74) is 2.97. The van der Waals surface area contributed by atoms with E-state index in [9.17, 15) is 14.9 Å². The third kappa shape index (κ3) is 3.49. The van der Waals surface area contributed by atoms with Crippen molar-refractivity contribution >= 4 is 17.3 Å². The lowest BCUT2D eigenvalue weighted by molar-refractivity contribution is -0.384. The van der Waals surface area contributed by atoms with Gasteiger partial charge in [-0.25, -0.2) is 0 Å². The summed E-state index contributed by atoms with van der Waals surface area (Å²) >= 11 is 0. The van der Waals surface area contributed by atoms with Gasteiger partial charge in [0.15, 0.2) is 0 Å². The summed E-state index contributed by atoms with van der Waals surface area (Å²) in [6.07, 6.45) is 5.01. The van der Waals surface area contributed by atoms with Gasteiger partial charge in [0.25, 0.3) is 5.69 Å². The number of hydrogen-bond acceptors (Lipinski definition) is 5. The fourth-order valence-electron chi connectivity index (χ4n) is 4.27. The minimum absolute atomic E-state index is 0.0278. The molecular formula is C20H22N4O3. The maximum Gasteiger partial charge on any atom is 0.269 e. The molecule has 1 amide bonds. The summed E-state index contributed by atoms with van der Waals surface area (Å²) in [6, 6.07) is 10.9. The second-order valence-electron chi connectivity index (χ2n) is 7.15. The number of amides is 1. The number of pyridine rings is 1. The van der Waals surface area contributed by atoms with E-state index in [-0.39, 0.29) is 28.5 Å². The Bertz CT molecular complexity index is 856. The highest BCUT2D eigenvalue weighted by molar-refractivity contribution is 5.82. The normalized spacial score (nSPS) is 20.7. The zero-order valence-corrected chi connectivity index (χ0v) is 15.0. The van der Waals surface area contributed by atoms with Crippen molar-refractivity contribution in [3.63, 3.8) is 0 Å². The number of fused-ring (bicyclic) bond motifs is 3. The second-order valence-corrected chi connectivity index (χ2v) is 7.15. The fourth-order valence-corrected chi connectivity index (χ4v) is 4.27. The first kappa shape index (κ1) is 17.5. The third-order valence-corrected chi connectivity index (χ3v) is 5.53. The number of nitro groups is 1. The van der Waals surface area contributed by atoms with Crippen LogP contribution in [0.15, 0.2) is 42.6 Å². The highest BCUT2D eigenvalue weighted by Gasteiger charge is 2.41. The molecule has 2 aliphatic rings. The van der Waals surface area contributed by atoms with Crippen LogP contribution in [0, 0.1) is 16.0 Å². The van der Waals surface area contributed by atoms with Crippen LogP contribution in [0.2, 0.25) is 0 Å². The molecule has 0 aliphatic carbocycles. The molecule has 2 atom stereocenters. The molecule has 0 spiro atoms. The predicted octanol–water partition coefficient (Wildman–Crippen LogP) is 2.49. The predicted molar refractivity (Wildman–Crippen MR) is 102 cm³/mol. The van der Waals surface area contributed by atoms with Gasteiger partial charge in [0.2, 0.25) is 5.91 Å². The van der Waals surface area contributed by atoms with Crippen LogP contribution >= 0.6 is 0 Å². The van der Waals surface area contributed by atoms with Crippen LogP contribution in [0.5, 0.6) is 0 Å². The number of carbonyl (C=O) groups excluding carboxylic acids is 1. The van der Waals surface area contributed by atoms with Crippen molar-refractivity contribution in [1.29, 1.82) is 0 Å². The fraction of sp³-hybridized carbons (Fsp3) is 0.400. The number of benzene rings is 1. The Balaban J connectivity index is 1.48. The lowest BCUT2D eigenvalue weighted by Crippen LogP contribution is -2.48. The molecule has 0 bridgehead atoms. The van der Waals surface area contributed by atoms with Gasteiger partial charge in [-0.15, -0.1) is 0 Å². The quantitative estimate of drug-likeness (QED) is 0.649. The van der Waals surface area contributed by atoms with Gasteiger partial charge in [0, 0.05) is 55.3 Å². The molecule has 2 aliphatic heterocycles. The van der Waals surface area contributed by atoms with Crippen molar-refractivity contribution in [3.8, 4) is 0 Å². The first-order chi connectivity index (χ1) is 13.1. The maximum atomic E-state index is 12.9. The van der Waals surface area contributed by atoms with E-state index in [0.717, 1.165) is 36.3 Å². The maximum absolute atomic E-state index is 12.9. The van der Waals surface area contributed by atoms with Crippen LogP contribution < -0.4 is 10.2 Å². The number of aromatic nitrogens is 1. The summed E-state index contributed by atoms with van der Waals surface area (Å²) in [5.74, 6) is -0.147. The highest BCUT2D eigenvalue weighted by atomic mass is 16.6. The topological polar surface area (TPSA) is 88.4 Å². The van der Waals surface area contributed by atoms with Crippen molar-refractivity contribution < 1.29 is 9.72 Å². The number of non-ortho nitro benzene ring substituents is 1. The molecule has 4 rings (SSSR count). The van der Waals surface area contributed by atoms with E-state index < -0.39 is 0 Å². The van der Waals surface area contributed by atoms with E-state index in [1.807, 2.05) is 24.3 Å². The van der Waals surface area contributed by atoms with Gasteiger partial charge >= 0.3 is 0 Å². The average Bonchev–Trinajstić information content (AvgIpc) is 3.17. The van der Waals surface area contributed by atoms with Gasteiger partial charge in [0.1, 0.15) is 0 Å². The van der Waals surface area contributed by atoms with E-state index in [1.54, 1.807) is 18.3 Å². The molecule has 1 saturated heterocycles. The van der Waals surface area contributed by atoms with Crippen LogP contribution in [0.4, 0.5) is 11.4 Å². The van der Waals surface area contributed by atoms with Crippen molar-refractivity contribution in [3.05, 3.63) is 64.0 Å². The Morgan fingerprint density at radius 1 is 1.33 bits per heavy atom. The summed E-state index contributed by atoms with van der Waals surface area (Å²) in [6.45, 7) is 1.44. The SMILES string of the molecule is O=C(NCCc1ccccn1)C1Cc2cc([N+](=O)[O-])ccc2N2CCCC12. The Kier molecular flexibility index (Phi) is 4.75. The summed E-state index contributed by atoms with van der Waals surface area (Å²) < 4.78 is 0. The summed E-state index contributed by atoms with van der Waals surface area (Å²) in [5, 5.41) is 14.2. The molecule has 1 aromatic heterocycles. The molecule has 140 valence electrons. The Labute approximate surface area is 157 Å². The highest BCUT2D eigenvalue weighted by Crippen LogP contribution is 2.40. The Morgan fingerprint density at radius 3 is 3.00 bits per heavy atom. The minimum Gasteiger partial charge on any atom is -0.368 e. The molecule has 7 nitrogen and oxygen atoms in total. The first-order valence-electron chi connectivity index (χ1n) is 9.35. The van der Waals surface area contributed by atoms with Gasteiger partial charge < -0.3 is 10.2 Å².